The highest BCUT2D eigenvalue weighted by Gasteiger charge is 2.10. The zero-order chi connectivity index (χ0) is 14.5. The summed E-state index contributed by atoms with van der Waals surface area (Å²) in [6.07, 6.45) is 0. The van der Waals surface area contributed by atoms with Crippen LogP contribution in [0.3, 0.4) is 0 Å². The number of nitrogens with one attached hydrogen (secondary N) is 2. The number of nitrogen functional groups attached to an aromatic ring is 1. The van der Waals surface area contributed by atoms with Crippen LogP contribution in [0.2, 0.25) is 0 Å². The molecule has 104 valence electrons. The minimum absolute atomic E-state index is 0.171. The number of rotatable bonds is 4. The molecule has 1 amide bonds. The summed E-state index contributed by atoms with van der Waals surface area (Å²) in [6, 6.07) is 12.6. The first kappa shape index (κ1) is 13.7. The molecular formula is C15H17N3O2. The Labute approximate surface area is 117 Å². The van der Waals surface area contributed by atoms with Gasteiger partial charge in [0.25, 0.3) is 5.91 Å². The van der Waals surface area contributed by atoms with E-state index >= 15 is 0 Å². The van der Waals surface area contributed by atoms with E-state index in [1.54, 1.807) is 32.4 Å². The van der Waals surface area contributed by atoms with Crippen molar-refractivity contribution >= 4 is 23.0 Å². The number of anilines is 3. The van der Waals surface area contributed by atoms with Gasteiger partial charge < -0.3 is 21.1 Å². The molecule has 0 aliphatic heterocycles. The van der Waals surface area contributed by atoms with Crippen molar-refractivity contribution in [3.8, 4) is 5.75 Å². The molecule has 2 aromatic carbocycles. The minimum Gasteiger partial charge on any atom is -0.497 e. The predicted molar refractivity (Wildman–Crippen MR) is 80.5 cm³/mol. The van der Waals surface area contributed by atoms with E-state index in [1.807, 2.05) is 24.3 Å². The minimum atomic E-state index is -0.171. The van der Waals surface area contributed by atoms with Crippen LogP contribution in [0.4, 0.5) is 17.1 Å². The van der Waals surface area contributed by atoms with Crippen LogP contribution >= 0.6 is 0 Å². The number of methoxy groups -OCH3 is 1. The van der Waals surface area contributed by atoms with Crippen LogP contribution in [0.25, 0.3) is 0 Å². The number of amides is 1. The Morgan fingerprint density at radius 2 is 2.00 bits per heavy atom. The molecule has 2 aromatic rings. The standard InChI is InChI=1S/C15H17N3O2/c1-17-15(19)13-7-6-10(16)8-14(13)18-11-4-3-5-12(9-11)20-2/h3-9,18H,16H2,1-2H3,(H,17,19). The zero-order valence-electron chi connectivity index (χ0n) is 11.4. The van der Waals surface area contributed by atoms with E-state index in [2.05, 4.69) is 10.6 Å². The first-order valence-electron chi connectivity index (χ1n) is 6.16. The zero-order valence-corrected chi connectivity index (χ0v) is 11.4. The van der Waals surface area contributed by atoms with Crippen molar-refractivity contribution in [2.45, 2.75) is 0 Å². The van der Waals surface area contributed by atoms with E-state index in [0.717, 1.165) is 11.4 Å². The second-order valence-electron chi connectivity index (χ2n) is 4.24. The van der Waals surface area contributed by atoms with Crippen molar-refractivity contribution in [3.05, 3.63) is 48.0 Å². The second-order valence-corrected chi connectivity index (χ2v) is 4.24. The van der Waals surface area contributed by atoms with Crippen molar-refractivity contribution in [1.29, 1.82) is 0 Å². The molecule has 20 heavy (non-hydrogen) atoms. The fourth-order valence-corrected chi connectivity index (χ4v) is 1.85. The monoisotopic (exact) mass is 271 g/mol. The number of benzene rings is 2. The van der Waals surface area contributed by atoms with E-state index in [9.17, 15) is 4.79 Å². The maximum Gasteiger partial charge on any atom is 0.253 e. The Hall–Kier alpha value is -2.69. The van der Waals surface area contributed by atoms with Gasteiger partial charge in [-0.25, -0.2) is 0 Å². The maximum absolute atomic E-state index is 11.8. The van der Waals surface area contributed by atoms with Crippen LogP contribution < -0.4 is 21.1 Å². The Kier molecular flexibility index (Phi) is 4.10. The van der Waals surface area contributed by atoms with Crippen molar-refractivity contribution in [1.82, 2.24) is 5.32 Å². The van der Waals surface area contributed by atoms with E-state index in [-0.39, 0.29) is 5.91 Å². The van der Waals surface area contributed by atoms with Gasteiger partial charge in [0.15, 0.2) is 0 Å². The first-order chi connectivity index (χ1) is 9.63. The molecule has 0 radical (unpaired) electrons. The Bertz CT molecular complexity index is 626. The molecule has 0 aromatic heterocycles. The van der Waals surface area contributed by atoms with Gasteiger partial charge >= 0.3 is 0 Å². The summed E-state index contributed by atoms with van der Waals surface area (Å²) in [5.74, 6) is 0.566. The van der Waals surface area contributed by atoms with Crippen molar-refractivity contribution in [2.24, 2.45) is 0 Å². The fraction of sp³-hybridized carbons (Fsp3) is 0.133. The summed E-state index contributed by atoms with van der Waals surface area (Å²) in [7, 11) is 3.20. The largest absolute Gasteiger partial charge is 0.497 e. The Morgan fingerprint density at radius 3 is 2.70 bits per heavy atom. The molecule has 0 saturated carbocycles. The lowest BCUT2D eigenvalue weighted by atomic mass is 10.1. The normalized spacial score (nSPS) is 9.90. The quantitative estimate of drug-likeness (QED) is 0.746. The predicted octanol–water partition coefficient (Wildman–Crippen LogP) is 2.38. The van der Waals surface area contributed by atoms with Crippen LogP contribution in [0.1, 0.15) is 10.4 Å². The summed E-state index contributed by atoms with van der Waals surface area (Å²) >= 11 is 0. The molecule has 0 aliphatic rings. The molecule has 5 heteroatoms. The van der Waals surface area contributed by atoms with E-state index in [4.69, 9.17) is 10.5 Å². The van der Waals surface area contributed by atoms with Gasteiger partial charge in [-0.05, 0) is 30.3 Å². The number of hydrogen-bond acceptors (Lipinski definition) is 4. The molecule has 0 bridgehead atoms. The Morgan fingerprint density at radius 1 is 1.20 bits per heavy atom. The van der Waals surface area contributed by atoms with Crippen molar-refractivity contribution in [2.75, 3.05) is 25.2 Å². The van der Waals surface area contributed by atoms with Crippen molar-refractivity contribution < 1.29 is 9.53 Å². The van der Waals surface area contributed by atoms with Crippen molar-refractivity contribution in [3.63, 3.8) is 0 Å². The molecule has 0 unspecified atom stereocenters. The smallest absolute Gasteiger partial charge is 0.253 e. The lowest BCUT2D eigenvalue weighted by Gasteiger charge is -2.12. The van der Waals surface area contributed by atoms with Gasteiger partial charge in [-0.2, -0.15) is 0 Å². The fourth-order valence-electron chi connectivity index (χ4n) is 1.85. The number of nitrogens with two attached hydrogens (primary N) is 1. The first-order valence-corrected chi connectivity index (χ1v) is 6.16. The molecule has 2 rings (SSSR count). The highest BCUT2D eigenvalue weighted by atomic mass is 16.5. The average Bonchev–Trinajstić information content (AvgIpc) is 2.47. The van der Waals surface area contributed by atoms with Crippen LogP contribution in [0.15, 0.2) is 42.5 Å². The van der Waals surface area contributed by atoms with Gasteiger partial charge in [-0.1, -0.05) is 6.07 Å². The number of ether oxygens (including phenoxy) is 1. The summed E-state index contributed by atoms with van der Waals surface area (Å²) in [6.45, 7) is 0. The average molecular weight is 271 g/mol. The molecule has 0 fully saturated rings. The molecule has 0 heterocycles. The molecule has 4 N–H and O–H groups in total. The molecular weight excluding hydrogens is 254 g/mol. The lowest BCUT2D eigenvalue weighted by molar-refractivity contribution is 0.0964. The third kappa shape index (κ3) is 3.00. The molecule has 0 aliphatic carbocycles. The second kappa shape index (κ2) is 5.97. The van der Waals surface area contributed by atoms with E-state index in [0.29, 0.717) is 16.9 Å². The molecule has 0 spiro atoms. The van der Waals surface area contributed by atoms with E-state index < -0.39 is 0 Å². The SMILES string of the molecule is CNC(=O)c1ccc(N)cc1Nc1cccc(OC)c1. The van der Waals surface area contributed by atoms with Gasteiger partial charge in [0.05, 0.1) is 18.4 Å². The molecule has 0 atom stereocenters. The lowest BCUT2D eigenvalue weighted by Crippen LogP contribution is -2.19. The third-order valence-corrected chi connectivity index (χ3v) is 2.86. The van der Waals surface area contributed by atoms with Gasteiger partial charge in [0.1, 0.15) is 5.75 Å². The highest BCUT2D eigenvalue weighted by Crippen LogP contribution is 2.25. The summed E-state index contributed by atoms with van der Waals surface area (Å²) in [5, 5.41) is 5.79. The van der Waals surface area contributed by atoms with Crippen LogP contribution in [-0.4, -0.2) is 20.1 Å². The van der Waals surface area contributed by atoms with Crippen LogP contribution in [0.5, 0.6) is 5.75 Å². The Balaban J connectivity index is 2.36. The number of carbonyl (C=O) groups excluding carboxylic acids is 1. The van der Waals surface area contributed by atoms with Gasteiger partial charge in [-0.3, -0.25) is 4.79 Å². The third-order valence-electron chi connectivity index (χ3n) is 2.86. The molecule has 0 saturated heterocycles. The highest BCUT2D eigenvalue weighted by molar-refractivity contribution is 6.00. The van der Waals surface area contributed by atoms with Gasteiger partial charge in [0, 0.05) is 24.5 Å². The molecule has 5 nitrogen and oxygen atoms in total. The summed E-state index contributed by atoms with van der Waals surface area (Å²) in [5.41, 5.74) is 8.37. The summed E-state index contributed by atoms with van der Waals surface area (Å²) in [4.78, 5) is 11.8. The maximum atomic E-state index is 11.8. The topological polar surface area (TPSA) is 76.4 Å². The van der Waals surface area contributed by atoms with Gasteiger partial charge in [-0.15, -0.1) is 0 Å². The van der Waals surface area contributed by atoms with Crippen LogP contribution in [0, 0.1) is 0 Å². The van der Waals surface area contributed by atoms with E-state index in [1.165, 1.54) is 0 Å². The van der Waals surface area contributed by atoms with Crippen LogP contribution in [-0.2, 0) is 0 Å². The number of hydrogen-bond donors (Lipinski definition) is 3. The summed E-state index contributed by atoms with van der Waals surface area (Å²) < 4.78 is 5.17. The van der Waals surface area contributed by atoms with Gasteiger partial charge in [0.2, 0.25) is 0 Å². The number of carbonyl (C=O) groups is 1.